The lowest BCUT2D eigenvalue weighted by Crippen LogP contribution is -2.50. The summed E-state index contributed by atoms with van der Waals surface area (Å²) >= 11 is 0.989. The van der Waals surface area contributed by atoms with Crippen LogP contribution in [-0.4, -0.2) is 35.3 Å². The highest BCUT2D eigenvalue weighted by atomic mass is 32.1. The molecule has 1 aromatic heterocycles. The Bertz CT molecular complexity index is 630. The molecule has 0 aromatic carbocycles. The van der Waals surface area contributed by atoms with Crippen molar-refractivity contribution in [2.24, 2.45) is 0 Å². The number of imide groups is 1. The molecule has 2 N–H and O–H groups in total. The van der Waals surface area contributed by atoms with Crippen LogP contribution in [0.3, 0.4) is 0 Å². The molecule has 3 amide bonds. The van der Waals surface area contributed by atoms with E-state index in [0.29, 0.717) is 4.88 Å². The number of esters is 1. The average Bonchev–Trinajstić information content (AvgIpc) is 2.85. The SMILES string of the molecule is CC(=O)c1ccc(C(=O)OC(C)C(=O)NC(=O)NC(C)(C)C)s1. The Hall–Kier alpha value is -2.22. The van der Waals surface area contributed by atoms with Crippen molar-refractivity contribution in [3.8, 4) is 0 Å². The molecule has 1 aromatic rings. The van der Waals surface area contributed by atoms with Crippen molar-refractivity contribution < 1.29 is 23.9 Å². The van der Waals surface area contributed by atoms with Crippen LogP contribution in [0.2, 0.25) is 0 Å². The minimum Gasteiger partial charge on any atom is -0.448 e. The van der Waals surface area contributed by atoms with Crippen molar-refractivity contribution in [3.63, 3.8) is 0 Å². The summed E-state index contributed by atoms with van der Waals surface area (Å²) < 4.78 is 4.99. The predicted molar refractivity (Wildman–Crippen MR) is 85.6 cm³/mol. The maximum absolute atomic E-state index is 11.9. The normalized spacial score (nSPS) is 12.2. The molecule has 0 fully saturated rings. The van der Waals surface area contributed by atoms with Crippen LogP contribution >= 0.6 is 11.3 Å². The summed E-state index contributed by atoms with van der Waals surface area (Å²) in [4.78, 5) is 47.2. The molecule has 23 heavy (non-hydrogen) atoms. The molecule has 0 saturated carbocycles. The second kappa shape index (κ2) is 7.36. The van der Waals surface area contributed by atoms with Gasteiger partial charge in [-0.25, -0.2) is 9.59 Å². The molecule has 0 saturated heterocycles. The van der Waals surface area contributed by atoms with Crippen molar-refractivity contribution >= 4 is 35.0 Å². The van der Waals surface area contributed by atoms with E-state index in [0.717, 1.165) is 11.3 Å². The van der Waals surface area contributed by atoms with Gasteiger partial charge in [-0.3, -0.25) is 14.9 Å². The minimum atomic E-state index is -1.14. The summed E-state index contributed by atoms with van der Waals surface area (Å²) in [5.74, 6) is -1.61. The van der Waals surface area contributed by atoms with Crippen LogP contribution in [0.4, 0.5) is 4.79 Å². The number of ketones is 1. The second-order valence-corrected chi connectivity index (χ2v) is 7.04. The van der Waals surface area contributed by atoms with Gasteiger partial charge < -0.3 is 10.1 Å². The summed E-state index contributed by atoms with van der Waals surface area (Å²) in [5, 5.41) is 4.66. The first-order valence-corrected chi connectivity index (χ1v) is 7.76. The molecule has 126 valence electrons. The van der Waals surface area contributed by atoms with E-state index in [4.69, 9.17) is 4.74 Å². The first kappa shape index (κ1) is 18.8. The first-order valence-electron chi connectivity index (χ1n) is 6.94. The van der Waals surface area contributed by atoms with Crippen molar-refractivity contribution in [3.05, 3.63) is 21.9 Å². The average molecular weight is 340 g/mol. The molecule has 0 spiro atoms. The topological polar surface area (TPSA) is 102 Å². The molecular formula is C15H20N2O5S. The van der Waals surface area contributed by atoms with Gasteiger partial charge in [0.05, 0.1) is 4.88 Å². The molecule has 0 radical (unpaired) electrons. The number of thiophene rings is 1. The smallest absolute Gasteiger partial charge is 0.349 e. The zero-order valence-corrected chi connectivity index (χ0v) is 14.5. The third-order valence-corrected chi connectivity index (χ3v) is 3.70. The van der Waals surface area contributed by atoms with Crippen molar-refractivity contribution in [1.29, 1.82) is 0 Å². The largest absolute Gasteiger partial charge is 0.448 e. The van der Waals surface area contributed by atoms with Gasteiger partial charge in [-0.1, -0.05) is 0 Å². The van der Waals surface area contributed by atoms with E-state index in [9.17, 15) is 19.2 Å². The Labute approximate surface area is 138 Å². The summed E-state index contributed by atoms with van der Waals surface area (Å²) in [7, 11) is 0. The molecule has 0 aliphatic rings. The monoisotopic (exact) mass is 340 g/mol. The van der Waals surface area contributed by atoms with Gasteiger partial charge in [0, 0.05) is 5.54 Å². The highest BCUT2D eigenvalue weighted by Crippen LogP contribution is 2.18. The molecule has 1 atom stereocenters. The van der Waals surface area contributed by atoms with Gasteiger partial charge in [0.2, 0.25) is 0 Å². The zero-order valence-electron chi connectivity index (χ0n) is 13.7. The van der Waals surface area contributed by atoms with Gasteiger partial charge in [0.25, 0.3) is 5.91 Å². The van der Waals surface area contributed by atoms with E-state index in [1.54, 1.807) is 20.8 Å². The maximum Gasteiger partial charge on any atom is 0.349 e. The van der Waals surface area contributed by atoms with Gasteiger partial charge in [-0.15, -0.1) is 11.3 Å². The molecule has 1 unspecified atom stereocenters. The molecule has 7 nitrogen and oxygen atoms in total. The van der Waals surface area contributed by atoms with Crippen LogP contribution in [0.25, 0.3) is 0 Å². The van der Waals surface area contributed by atoms with Gasteiger partial charge in [-0.2, -0.15) is 0 Å². The Morgan fingerprint density at radius 2 is 1.70 bits per heavy atom. The van der Waals surface area contributed by atoms with Gasteiger partial charge in [0.1, 0.15) is 4.88 Å². The predicted octanol–water partition coefficient (Wildman–Crippen LogP) is 2.12. The molecule has 1 heterocycles. The lowest BCUT2D eigenvalue weighted by Gasteiger charge is -2.21. The fraction of sp³-hybridized carbons (Fsp3) is 0.467. The number of hydrogen-bond donors (Lipinski definition) is 2. The fourth-order valence-corrected chi connectivity index (χ4v) is 2.28. The zero-order chi connectivity index (χ0) is 17.8. The lowest BCUT2D eigenvalue weighted by atomic mass is 10.1. The third-order valence-electron chi connectivity index (χ3n) is 2.53. The third kappa shape index (κ3) is 6.19. The summed E-state index contributed by atoms with van der Waals surface area (Å²) in [5.41, 5.74) is -0.496. The van der Waals surface area contributed by atoms with Crippen molar-refractivity contribution in [2.75, 3.05) is 0 Å². The van der Waals surface area contributed by atoms with Gasteiger partial charge in [0.15, 0.2) is 11.9 Å². The quantitative estimate of drug-likeness (QED) is 0.646. The van der Waals surface area contributed by atoms with Crippen LogP contribution in [0.15, 0.2) is 12.1 Å². The highest BCUT2D eigenvalue weighted by molar-refractivity contribution is 7.15. The molecule has 0 aliphatic carbocycles. The van der Waals surface area contributed by atoms with E-state index >= 15 is 0 Å². The number of carbonyl (C=O) groups is 4. The Morgan fingerprint density at radius 3 is 2.17 bits per heavy atom. The number of Topliss-reactive ketones (excluding diaryl/α,β-unsaturated/α-hetero) is 1. The van der Waals surface area contributed by atoms with Crippen LogP contribution in [0.5, 0.6) is 0 Å². The summed E-state index contributed by atoms with van der Waals surface area (Å²) in [6, 6.07) is 2.31. The number of nitrogens with one attached hydrogen (secondary N) is 2. The molecule has 1 rings (SSSR count). The van der Waals surface area contributed by atoms with Gasteiger partial charge >= 0.3 is 12.0 Å². The summed E-state index contributed by atoms with van der Waals surface area (Å²) in [6.45, 7) is 8.06. The van der Waals surface area contributed by atoms with Crippen molar-refractivity contribution in [1.82, 2.24) is 10.6 Å². The maximum atomic E-state index is 11.9. The van der Waals surface area contributed by atoms with E-state index in [-0.39, 0.29) is 10.7 Å². The molecule has 0 aliphatic heterocycles. The van der Waals surface area contributed by atoms with Crippen LogP contribution in [0, 0.1) is 0 Å². The van der Waals surface area contributed by atoms with E-state index in [1.807, 2.05) is 0 Å². The number of amides is 3. The molecule has 8 heteroatoms. The molecular weight excluding hydrogens is 320 g/mol. The second-order valence-electron chi connectivity index (χ2n) is 5.96. The summed E-state index contributed by atoms with van der Waals surface area (Å²) in [6.07, 6.45) is -1.14. The molecule has 0 bridgehead atoms. The van der Waals surface area contributed by atoms with Crippen molar-refractivity contribution in [2.45, 2.75) is 46.3 Å². The Kier molecular flexibility index (Phi) is 6.03. The number of rotatable bonds is 4. The lowest BCUT2D eigenvalue weighted by molar-refractivity contribution is -0.127. The van der Waals surface area contributed by atoms with Gasteiger partial charge in [-0.05, 0) is 46.8 Å². The van der Waals surface area contributed by atoms with Crippen LogP contribution in [-0.2, 0) is 9.53 Å². The van der Waals surface area contributed by atoms with E-state index in [1.165, 1.54) is 26.0 Å². The number of carbonyl (C=O) groups excluding carboxylic acids is 4. The first-order chi connectivity index (χ1) is 10.5. The number of hydrogen-bond acceptors (Lipinski definition) is 6. The fourth-order valence-electron chi connectivity index (χ4n) is 1.49. The highest BCUT2D eigenvalue weighted by Gasteiger charge is 2.23. The Balaban J connectivity index is 2.58. The number of ether oxygens (including phenoxy) is 1. The number of urea groups is 1. The van der Waals surface area contributed by atoms with Crippen LogP contribution in [0.1, 0.15) is 54.0 Å². The Morgan fingerprint density at radius 1 is 1.13 bits per heavy atom. The van der Waals surface area contributed by atoms with Crippen LogP contribution < -0.4 is 10.6 Å². The van der Waals surface area contributed by atoms with E-state index in [2.05, 4.69) is 10.6 Å². The standard InChI is InChI=1S/C15H20N2O5S/c1-8(18)10-6-7-11(23-10)13(20)22-9(2)12(19)16-14(21)17-15(3,4)5/h6-7,9H,1-5H3,(H2,16,17,19,21). The van der Waals surface area contributed by atoms with E-state index < -0.39 is 29.6 Å². The minimum absolute atomic E-state index is 0.154.